The highest BCUT2D eigenvalue weighted by Crippen LogP contribution is 2.00. The zero-order chi connectivity index (χ0) is 9.68. The summed E-state index contributed by atoms with van der Waals surface area (Å²) in [4.78, 5) is 17.7. The van der Waals surface area contributed by atoms with E-state index < -0.39 is 6.09 Å². The highest BCUT2D eigenvalue weighted by Gasteiger charge is 1.98. The largest absolute Gasteiger partial charge is 0.467 e. The van der Waals surface area contributed by atoms with Crippen molar-refractivity contribution in [2.75, 3.05) is 7.11 Å². The van der Waals surface area contributed by atoms with Crippen molar-refractivity contribution in [2.24, 2.45) is 0 Å². The number of methoxy groups -OCH3 is 1. The third-order valence-electron chi connectivity index (χ3n) is 1.31. The van der Waals surface area contributed by atoms with Gasteiger partial charge in [-0.1, -0.05) is 0 Å². The SMILES string of the molecule is COc1ncc(CNC(=O)O)cn1. The summed E-state index contributed by atoms with van der Waals surface area (Å²) in [6.07, 6.45) is 1.93. The van der Waals surface area contributed by atoms with Crippen LogP contribution in [0.25, 0.3) is 0 Å². The molecule has 0 aliphatic carbocycles. The Kier molecular flexibility index (Phi) is 3.02. The number of rotatable bonds is 3. The van der Waals surface area contributed by atoms with Crippen molar-refractivity contribution in [3.05, 3.63) is 18.0 Å². The van der Waals surface area contributed by atoms with E-state index in [1.807, 2.05) is 0 Å². The first-order valence-corrected chi connectivity index (χ1v) is 3.54. The summed E-state index contributed by atoms with van der Waals surface area (Å²) in [6.45, 7) is 0.194. The summed E-state index contributed by atoms with van der Waals surface area (Å²) in [5.74, 6) is 0. The van der Waals surface area contributed by atoms with E-state index in [9.17, 15) is 4.79 Å². The van der Waals surface area contributed by atoms with Crippen molar-refractivity contribution in [1.29, 1.82) is 0 Å². The molecule has 0 saturated carbocycles. The fraction of sp³-hybridized carbons (Fsp3) is 0.286. The van der Waals surface area contributed by atoms with Crippen molar-refractivity contribution < 1.29 is 14.6 Å². The predicted molar refractivity (Wildman–Crippen MR) is 43.4 cm³/mol. The van der Waals surface area contributed by atoms with Crippen LogP contribution in [0.5, 0.6) is 6.01 Å². The van der Waals surface area contributed by atoms with Gasteiger partial charge < -0.3 is 15.2 Å². The number of hydrogen-bond donors (Lipinski definition) is 2. The molecule has 0 aliphatic heterocycles. The Hall–Kier alpha value is -1.85. The van der Waals surface area contributed by atoms with Gasteiger partial charge in [-0.3, -0.25) is 0 Å². The molecule has 0 unspecified atom stereocenters. The van der Waals surface area contributed by atoms with Crippen LogP contribution in [0.3, 0.4) is 0 Å². The molecule has 0 bridgehead atoms. The fourth-order valence-electron chi connectivity index (χ4n) is 0.717. The van der Waals surface area contributed by atoms with E-state index in [1.54, 1.807) is 0 Å². The molecule has 1 heterocycles. The molecule has 0 saturated heterocycles. The highest BCUT2D eigenvalue weighted by atomic mass is 16.5. The van der Waals surface area contributed by atoms with Gasteiger partial charge in [-0.15, -0.1) is 0 Å². The predicted octanol–water partition coefficient (Wildman–Crippen LogP) is 0.253. The molecule has 1 aromatic rings. The van der Waals surface area contributed by atoms with Crippen LogP contribution in [-0.2, 0) is 6.54 Å². The Morgan fingerprint density at radius 3 is 2.69 bits per heavy atom. The van der Waals surface area contributed by atoms with E-state index in [2.05, 4.69) is 15.3 Å². The van der Waals surface area contributed by atoms with Gasteiger partial charge in [0.25, 0.3) is 0 Å². The standard InChI is InChI=1S/C7H9N3O3/c1-13-6-8-2-5(3-9-6)4-10-7(11)12/h2-3,10H,4H2,1H3,(H,11,12). The number of carbonyl (C=O) groups is 1. The summed E-state index contributed by atoms with van der Waals surface area (Å²) in [7, 11) is 1.46. The molecule has 6 nitrogen and oxygen atoms in total. The third-order valence-corrected chi connectivity index (χ3v) is 1.31. The van der Waals surface area contributed by atoms with Gasteiger partial charge in [0.15, 0.2) is 0 Å². The molecule has 6 heteroatoms. The minimum absolute atomic E-state index is 0.194. The zero-order valence-electron chi connectivity index (χ0n) is 7.02. The lowest BCUT2D eigenvalue weighted by Gasteiger charge is -2.00. The Labute approximate surface area is 74.6 Å². The van der Waals surface area contributed by atoms with Crippen LogP contribution in [0.1, 0.15) is 5.56 Å². The summed E-state index contributed by atoms with van der Waals surface area (Å²) in [5.41, 5.74) is 0.684. The number of nitrogens with one attached hydrogen (secondary N) is 1. The van der Waals surface area contributed by atoms with Gasteiger partial charge in [0.05, 0.1) is 7.11 Å². The third kappa shape index (κ3) is 2.94. The van der Waals surface area contributed by atoms with Gasteiger partial charge in [-0.05, 0) is 0 Å². The average Bonchev–Trinajstić information content (AvgIpc) is 2.15. The quantitative estimate of drug-likeness (QED) is 0.701. The zero-order valence-corrected chi connectivity index (χ0v) is 7.02. The maximum Gasteiger partial charge on any atom is 0.404 e. The molecular formula is C7H9N3O3. The van der Waals surface area contributed by atoms with Crippen LogP contribution in [-0.4, -0.2) is 28.3 Å². The first kappa shape index (κ1) is 9.24. The molecule has 0 aromatic carbocycles. The van der Waals surface area contributed by atoms with Gasteiger partial charge in [0.1, 0.15) is 0 Å². The number of nitrogens with zero attached hydrogens (tertiary/aromatic N) is 2. The molecular weight excluding hydrogens is 174 g/mol. The van der Waals surface area contributed by atoms with Crippen molar-refractivity contribution in [2.45, 2.75) is 6.54 Å². The Morgan fingerprint density at radius 2 is 2.23 bits per heavy atom. The van der Waals surface area contributed by atoms with E-state index in [0.717, 1.165) is 0 Å². The van der Waals surface area contributed by atoms with Gasteiger partial charge in [-0.25, -0.2) is 14.8 Å². The first-order chi connectivity index (χ1) is 6.22. The summed E-state index contributed by atoms with van der Waals surface area (Å²) < 4.78 is 4.74. The van der Waals surface area contributed by atoms with Crippen LogP contribution >= 0.6 is 0 Å². The van der Waals surface area contributed by atoms with Gasteiger partial charge in [-0.2, -0.15) is 0 Å². The topological polar surface area (TPSA) is 84.3 Å². The maximum absolute atomic E-state index is 10.1. The second-order valence-corrected chi connectivity index (χ2v) is 2.24. The molecule has 13 heavy (non-hydrogen) atoms. The fourth-order valence-corrected chi connectivity index (χ4v) is 0.717. The van der Waals surface area contributed by atoms with E-state index in [4.69, 9.17) is 9.84 Å². The molecule has 0 radical (unpaired) electrons. The van der Waals surface area contributed by atoms with Crippen molar-refractivity contribution in [3.63, 3.8) is 0 Å². The van der Waals surface area contributed by atoms with E-state index in [0.29, 0.717) is 5.56 Å². The van der Waals surface area contributed by atoms with Crippen LogP contribution in [0.15, 0.2) is 12.4 Å². The lowest BCUT2D eigenvalue weighted by molar-refractivity contribution is 0.194. The van der Waals surface area contributed by atoms with E-state index in [1.165, 1.54) is 19.5 Å². The lowest BCUT2D eigenvalue weighted by Crippen LogP contribution is -2.20. The molecule has 70 valence electrons. The second-order valence-electron chi connectivity index (χ2n) is 2.24. The minimum Gasteiger partial charge on any atom is -0.467 e. The molecule has 2 N–H and O–H groups in total. The van der Waals surface area contributed by atoms with E-state index >= 15 is 0 Å². The van der Waals surface area contributed by atoms with Gasteiger partial charge >= 0.3 is 12.1 Å². The van der Waals surface area contributed by atoms with Crippen molar-refractivity contribution in [1.82, 2.24) is 15.3 Å². The average molecular weight is 183 g/mol. The Balaban J connectivity index is 2.54. The van der Waals surface area contributed by atoms with E-state index in [-0.39, 0.29) is 12.6 Å². The van der Waals surface area contributed by atoms with Crippen LogP contribution < -0.4 is 10.1 Å². The van der Waals surface area contributed by atoms with Gasteiger partial charge in [0.2, 0.25) is 0 Å². The highest BCUT2D eigenvalue weighted by molar-refractivity contribution is 5.64. The van der Waals surface area contributed by atoms with Crippen LogP contribution in [0.4, 0.5) is 4.79 Å². The molecule has 0 atom stereocenters. The number of carboxylic acid groups (broad SMARTS) is 1. The monoisotopic (exact) mass is 183 g/mol. The maximum atomic E-state index is 10.1. The molecule has 0 fully saturated rings. The molecule has 1 amide bonds. The number of aromatic nitrogens is 2. The Morgan fingerprint density at radius 1 is 1.62 bits per heavy atom. The molecule has 0 aliphatic rings. The van der Waals surface area contributed by atoms with Crippen LogP contribution in [0, 0.1) is 0 Å². The lowest BCUT2D eigenvalue weighted by atomic mass is 10.3. The molecule has 1 rings (SSSR count). The summed E-state index contributed by atoms with van der Waals surface area (Å²) >= 11 is 0. The van der Waals surface area contributed by atoms with Crippen molar-refractivity contribution >= 4 is 6.09 Å². The normalized spacial score (nSPS) is 9.31. The second kappa shape index (κ2) is 4.24. The molecule has 1 aromatic heterocycles. The summed E-state index contributed by atoms with van der Waals surface area (Å²) in [6, 6.07) is 0.263. The number of amides is 1. The van der Waals surface area contributed by atoms with Crippen molar-refractivity contribution in [3.8, 4) is 6.01 Å². The number of hydrogen-bond acceptors (Lipinski definition) is 4. The first-order valence-electron chi connectivity index (χ1n) is 3.54. The number of ether oxygens (including phenoxy) is 1. The summed E-state index contributed by atoms with van der Waals surface area (Å²) in [5, 5.41) is 10.5. The van der Waals surface area contributed by atoms with Crippen LogP contribution in [0.2, 0.25) is 0 Å². The minimum atomic E-state index is -1.07. The smallest absolute Gasteiger partial charge is 0.404 e. The van der Waals surface area contributed by atoms with Gasteiger partial charge in [0, 0.05) is 24.5 Å². The Bertz CT molecular complexity index is 286. The molecule has 0 spiro atoms.